The third-order valence-electron chi connectivity index (χ3n) is 5.37. The van der Waals surface area contributed by atoms with E-state index in [9.17, 15) is 4.79 Å². The highest BCUT2D eigenvalue weighted by Gasteiger charge is 2.25. The van der Waals surface area contributed by atoms with Gasteiger partial charge in [0.1, 0.15) is 11.6 Å². The van der Waals surface area contributed by atoms with Crippen molar-refractivity contribution in [3.05, 3.63) is 53.0 Å². The van der Waals surface area contributed by atoms with Crippen molar-refractivity contribution in [2.45, 2.75) is 13.0 Å². The molecule has 1 aliphatic rings. The number of benzene rings is 2. The van der Waals surface area contributed by atoms with Crippen LogP contribution in [0.1, 0.15) is 10.6 Å². The number of hydrogen-bond acceptors (Lipinski definition) is 5. The Morgan fingerprint density at radius 3 is 2.59 bits per heavy atom. The fourth-order valence-electron chi connectivity index (χ4n) is 3.74. The van der Waals surface area contributed by atoms with Crippen LogP contribution in [-0.4, -0.2) is 56.2 Å². The quantitative estimate of drug-likeness (QED) is 0.671. The van der Waals surface area contributed by atoms with E-state index < -0.39 is 0 Å². The first-order valence-electron chi connectivity index (χ1n) is 9.83. The summed E-state index contributed by atoms with van der Waals surface area (Å²) in [6.07, 6.45) is 0.382. The first-order valence-corrected chi connectivity index (χ1v) is 10.6. The molecule has 0 radical (unpaired) electrons. The summed E-state index contributed by atoms with van der Waals surface area (Å²) in [5, 5.41) is 1.17. The van der Waals surface area contributed by atoms with Crippen molar-refractivity contribution in [2.75, 3.05) is 40.4 Å². The van der Waals surface area contributed by atoms with E-state index in [1.165, 1.54) is 14.6 Å². The molecule has 2 heterocycles. The number of rotatable bonds is 6. The van der Waals surface area contributed by atoms with Crippen molar-refractivity contribution in [1.82, 2.24) is 9.88 Å². The predicted octanol–water partition coefficient (Wildman–Crippen LogP) is 1.78. The maximum Gasteiger partial charge on any atom is 0.227 e. The number of carbonyl (C=O) groups excluding carboxylic acids is 1. The van der Waals surface area contributed by atoms with Crippen LogP contribution in [0, 0.1) is 0 Å². The van der Waals surface area contributed by atoms with Gasteiger partial charge in [0.25, 0.3) is 0 Å². The lowest BCUT2D eigenvalue weighted by molar-refractivity contribution is -0.917. The third kappa shape index (κ3) is 4.52. The number of quaternary nitrogens is 1. The molecule has 29 heavy (non-hydrogen) atoms. The molecule has 0 atom stereocenters. The molecule has 6 nitrogen and oxygen atoms in total. The largest absolute Gasteiger partial charge is 0.493 e. The van der Waals surface area contributed by atoms with Crippen molar-refractivity contribution in [3.63, 3.8) is 0 Å². The first kappa shape index (κ1) is 19.7. The predicted molar refractivity (Wildman–Crippen MR) is 114 cm³/mol. The molecule has 1 amide bonds. The van der Waals surface area contributed by atoms with Gasteiger partial charge < -0.3 is 19.3 Å². The van der Waals surface area contributed by atoms with Crippen LogP contribution in [0.3, 0.4) is 0 Å². The van der Waals surface area contributed by atoms with Crippen molar-refractivity contribution in [3.8, 4) is 11.5 Å². The van der Waals surface area contributed by atoms with Gasteiger partial charge >= 0.3 is 0 Å². The summed E-state index contributed by atoms with van der Waals surface area (Å²) in [7, 11) is 3.22. The standard InChI is InChI=1S/C22H25N3O3S/c1-27-18-8-7-16(13-19(18)28-2)14-22(26)25-11-9-24(10-12-25)15-21-23-17-5-3-4-6-20(17)29-21/h3-8,13H,9-12,14-15H2,1-2H3/p+1. The molecule has 7 heteroatoms. The molecule has 1 N–H and O–H groups in total. The summed E-state index contributed by atoms with van der Waals surface area (Å²) >= 11 is 1.77. The Balaban J connectivity index is 1.31. The van der Waals surface area contributed by atoms with Crippen LogP contribution in [0.5, 0.6) is 11.5 Å². The SMILES string of the molecule is COc1ccc(CC(=O)N2CC[NH+](Cc3nc4ccccc4s3)CC2)cc1OC. The second-order valence-electron chi connectivity index (χ2n) is 7.25. The number of methoxy groups -OCH3 is 2. The fourth-order valence-corrected chi connectivity index (χ4v) is 4.77. The highest BCUT2D eigenvalue weighted by Crippen LogP contribution is 2.28. The Bertz CT molecular complexity index is 963. The average Bonchev–Trinajstić information content (AvgIpc) is 3.16. The van der Waals surface area contributed by atoms with Crippen LogP contribution in [0.25, 0.3) is 10.2 Å². The molecule has 0 saturated carbocycles. The van der Waals surface area contributed by atoms with Gasteiger partial charge in [-0.3, -0.25) is 4.79 Å². The summed E-state index contributed by atoms with van der Waals surface area (Å²) in [5.74, 6) is 1.50. The minimum absolute atomic E-state index is 0.163. The lowest BCUT2D eigenvalue weighted by Gasteiger charge is -2.32. The Kier molecular flexibility index (Phi) is 5.97. The van der Waals surface area contributed by atoms with Gasteiger partial charge in [-0.1, -0.05) is 18.2 Å². The molecule has 152 valence electrons. The fraction of sp³-hybridized carbons (Fsp3) is 0.364. The van der Waals surface area contributed by atoms with Crippen LogP contribution in [0.15, 0.2) is 42.5 Å². The smallest absolute Gasteiger partial charge is 0.227 e. The van der Waals surface area contributed by atoms with Gasteiger partial charge in [0, 0.05) is 0 Å². The van der Waals surface area contributed by atoms with Gasteiger partial charge in [-0.2, -0.15) is 0 Å². The molecule has 0 spiro atoms. The van der Waals surface area contributed by atoms with Crippen LogP contribution < -0.4 is 14.4 Å². The lowest BCUT2D eigenvalue weighted by atomic mass is 10.1. The molecule has 2 aromatic carbocycles. The molecule has 1 saturated heterocycles. The van der Waals surface area contributed by atoms with E-state index in [2.05, 4.69) is 18.2 Å². The summed E-state index contributed by atoms with van der Waals surface area (Å²) in [6, 6.07) is 13.9. The number of amides is 1. The van der Waals surface area contributed by atoms with E-state index in [4.69, 9.17) is 14.5 Å². The molecule has 4 rings (SSSR count). The van der Waals surface area contributed by atoms with Crippen molar-refractivity contribution < 1.29 is 19.2 Å². The Morgan fingerprint density at radius 1 is 1.10 bits per heavy atom. The van der Waals surface area contributed by atoms with E-state index in [-0.39, 0.29) is 5.91 Å². The number of thiazole rings is 1. The van der Waals surface area contributed by atoms with Crippen LogP contribution in [0.4, 0.5) is 0 Å². The molecule has 1 aliphatic heterocycles. The number of ether oxygens (including phenoxy) is 2. The van der Waals surface area contributed by atoms with E-state index in [0.29, 0.717) is 17.9 Å². The summed E-state index contributed by atoms with van der Waals surface area (Å²) in [6.45, 7) is 4.40. The minimum atomic E-state index is 0.163. The number of para-hydroxylation sites is 1. The molecular formula is C22H26N3O3S+. The van der Waals surface area contributed by atoms with Crippen molar-refractivity contribution >= 4 is 27.5 Å². The van der Waals surface area contributed by atoms with Gasteiger partial charge in [-0.05, 0) is 29.8 Å². The molecule has 0 unspecified atom stereocenters. The average molecular weight is 413 g/mol. The number of fused-ring (bicyclic) bond motifs is 1. The number of aromatic nitrogens is 1. The number of carbonyl (C=O) groups is 1. The summed E-state index contributed by atoms with van der Waals surface area (Å²) in [4.78, 5) is 20.9. The molecule has 3 aromatic rings. The normalized spacial score (nSPS) is 14.9. The van der Waals surface area contributed by atoms with Gasteiger partial charge in [0.15, 0.2) is 11.5 Å². The maximum atomic E-state index is 12.7. The monoisotopic (exact) mass is 412 g/mol. The van der Waals surface area contributed by atoms with E-state index in [1.807, 2.05) is 29.2 Å². The van der Waals surface area contributed by atoms with E-state index in [0.717, 1.165) is 43.8 Å². The maximum absolute atomic E-state index is 12.7. The third-order valence-corrected chi connectivity index (χ3v) is 6.40. The second kappa shape index (κ2) is 8.80. The van der Waals surface area contributed by atoms with Gasteiger partial charge in [0.2, 0.25) is 5.91 Å². The highest BCUT2D eigenvalue weighted by atomic mass is 32.1. The van der Waals surface area contributed by atoms with Crippen molar-refractivity contribution in [1.29, 1.82) is 0 Å². The number of piperazine rings is 1. The van der Waals surface area contributed by atoms with Crippen LogP contribution >= 0.6 is 11.3 Å². The van der Waals surface area contributed by atoms with Crippen LogP contribution in [0.2, 0.25) is 0 Å². The van der Waals surface area contributed by atoms with E-state index in [1.54, 1.807) is 25.6 Å². The molecule has 1 fully saturated rings. The Labute approximate surface area is 174 Å². The van der Waals surface area contributed by atoms with Crippen molar-refractivity contribution in [2.24, 2.45) is 0 Å². The zero-order chi connectivity index (χ0) is 20.2. The molecular weight excluding hydrogens is 386 g/mol. The number of nitrogens with one attached hydrogen (secondary N) is 1. The first-order chi connectivity index (χ1) is 14.2. The zero-order valence-electron chi connectivity index (χ0n) is 16.8. The lowest BCUT2D eigenvalue weighted by Crippen LogP contribution is -3.13. The van der Waals surface area contributed by atoms with Gasteiger partial charge in [-0.25, -0.2) is 4.98 Å². The van der Waals surface area contributed by atoms with Gasteiger partial charge in [-0.15, -0.1) is 11.3 Å². The molecule has 1 aromatic heterocycles. The highest BCUT2D eigenvalue weighted by molar-refractivity contribution is 7.18. The topological polar surface area (TPSA) is 56.1 Å². The van der Waals surface area contributed by atoms with Crippen LogP contribution in [-0.2, 0) is 17.8 Å². The number of nitrogens with zero attached hydrogens (tertiary/aromatic N) is 2. The Morgan fingerprint density at radius 2 is 1.86 bits per heavy atom. The summed E-state index contributed by atoms with van der Waals surface area (Å²) < 4.78 is 11.8. The number of hydrogen-bond donors (Lipinski definition) is 1. The van der Waals surface area contributed by atoms with E-state index >= 15 is 0 Å². The molecule has 0 aliphatic carbocycles. The summed E-state index contributed by atoms with van der Waals surface area (Å²) in [5.41, 5.74) is 2.02. The second-order valence-corrected chi connectivity index (χ2v) is 8.36. The Hall–Kier alpha value is -2.64. The minimum Gasteiger partial charge on any atom is -0.493 e. The molecule has 0 bridgehead atoms. The zero-order valence-corrected chi connectivity index (χ0v) is 17.6. The van der Waals surface area contributed by atoms with Gasteiger partial charge in [0.05, 0.1) is 57.0 Å².